The Balaban J connectivity index is 1.61. The second kappa shape index (κ2) is 9.14. The van der Waals surface area contributed by atoms with Crippen molar-refractivity contribution in [2.24, 2.45) is 0 Å². The molecule has 0 saturated carbocycles. The predicted octanol–water partition coefficient (Wildman–Crippen LogP) is 2.65. The highest BCUT2D eigenvalue weighted by atomic mass is 16.5. The average Bonchev–Trinajstić information content (AvgIpc) is 3.11. The van der Waals surface area contributed by atoms with Gasteiger partial charge in [-0.1, -0.05) is 12.1 Å². The molecule has 0 bridgehead atoms. The van der Waals surface area contributed by atoms with Crippen molar-refractivity contribution in [2.45, 2.75) is 12.5 Å². The van der Waals surface area contributed by atoms with Gasteiger partial charge in [0.1, 0.15) is 5.75 Å². The van der Waals surface area contributed by atoms with Crippen LogP contribution >= 0.6 is 0 Å². The Bertz CT molecular complexity index is 925. The molecule has 1 N–H and O–H groups in total. The van der Waals surface area contributed by atoms with E-state index in [4.69, 9.17) is 14.2 Å². The number of carbonyl (C=O) groups is 2. The van der Waals surface area contributed by atoms with Crippen LogP contribution in [0.2, 0.25) is 0 Å². The number of hydrogen-bond acceptors (Lipinski definition) is 5. The Hall–Kier alpha value is -3.48. The van der Waals surface area contributed by atoms with E-state index >= 15 is 0 Å². The van der Waals surface area contributed by atoms with Crippen molar-refractivity contribution >= 4 is 23.6 Å². The fourth-order valence-electron chi connectivity index (χ4n) is 3.21. The first-order valence-electron chi connectivity index (χ1n) is 9.19. The van der Waals surface area contributed by atoms with Crippen LogP contribution in [0.4, 0.5) is 5.69 Å². The average molecular weight is 396 g/mol. The molecule has 2 aromatic carbocycles. The van der Waals surface area contributed by atoms with E-state index in [1.165, 1.54) is 6.08 Å². The van der Waals surface area contributed by atoms with E-state index in [1.807, 2.05) is 24.3 Å². The van der Waals surface area contributed by atoms with E-state index in [-0.39, 0.29) is 24.3 Å². The van der Waals surface area contributed by atoms with E-state index in [9.17, 15) is 9.59 Å². The van der Waals surface area contributed by atoms with Crippen LogP contribution in [0.5, 0.6) is 17.2 Å². The summed E-state index contributed by atoms with van der Waals surface area (Å²) < 4.78 is 15.7. The van der Waals surface area contributed by atoms with Gasteiger partial charge in [0.2, 0.25) is 11.8 Å². The first-order valence-corrected chi connectivity index (χ1v) is 9.19. The molecule has 152 valence electrons. The molecule has 7 nitrogen and oxygen atoms in total. The highest BCUT2D eigenvalue weighted by Gasteiger charge is 2.31. The largest absolute Gasteiger partial charge is 0.497 e. The topological polar surface area (TPSA) is 77.1 Å². The van der Waals surface area contributed by atoms with Crippen LogP contribution in [-0.4, -0.2) is 45.7 Å². The van der Waals surface area contributed by atoms with Crippen LogP contribution in [0.25, 0.3) is 6.08 Å². The van der Waals surface area contributed by atoms with Gasteiger partial charge in [0.15, 0.2) is 11.5 Å². The van der Waals surface area contributed by atoms with Crippen molar-refractivity contribution in [1.29, 1.82) is 0 Å². The van der Waals surface area contributed by atoms with Gasteiger partial charge in [0.25, 0.3) is 0 Å². The number of hydrogen-bond donors (Lipinski definition) is 1. The molecular formula is C22H24N2O5. The van der Waals surface area contributed by atoms with Gasteiger partial charge in [-0.15, -0.1) is 0 Å². The highest BCUT2D eigenvalue weighted by molar-refractivity contribution is 5.98. The molecule has 2 aromatic rings. The lowest BCUT2D eigenvalue weighted by Gasteiger charge is -2.17. The van der Waals surface area contributed by atoms with Crippen LogP contribution in [-0.2, 0) is 9.59 Å². The van der Waals surface area contributed by atoms with Gasteiger partial charge < -0.3 is 24.4 Å². The fourth-order valence-corrected chi connectivity index (χ4v) is 3.21. The molecule has 0 aliphatic carbocycles. The number of nitrogens with zero attached hydrogens (tertiary/aromatic N) is 1. The molecule has 3 rings (SSSR count). The molecule has 1 fully saturated rings. The smallest absolute Gasteiger partial charge is 0.244 e. The Kier molecular flexibility index (Phi) is 6.39. The summed E-state index contributed by atoms with van der Waals surface area (Å²) in [6.07, 6.45) is 3.39. The van der Waals surface area contributed by atoms with Gasteiger partial charge in [-0.2, -0.15) is 0 Å². The molecule has 1 saturated heterocycles. The summed E-state index contributed by atoms with van der Waals surface area (Å²) >= 11 is 0. The number of rotatable bonds is 7. The third-order valence-corrected chi connectivity index (χ3v) is 4.67. The lowest BCUT2D eigenvalue weighted by Crippen LogP contribution is -2.36. The maximum absolute atomic E-state index is 12.4. The number of benzene rings is 2. The molecule has 0 spiro atoms. The standard InChI is InChI=1S/C22H24N2O5/c1-27-18-6-4-5-17(13-18)24-14-16(12-22(24)26)23-21(25)10-8-15-7-9-19(28-2)20(11-15)29-3/h4-11,13,16H,12,14H2,1-3H3,(H,23,25)/b10-8-. The van der Waals surface area contributed by atoms with Crippen LogP contribution in [0, 0.1) is 0 Å². The Morgan fingerprint density at radius 3 is 2.59 bits per heavy atom. The van der Waals surface area contributed by atoms with Gasteiger partial charge in [0, 0.05) is 30.8 Å². The Morgan fingerprint density at radius 1 is 1.07 bits per heavy atom. The van der Waals surface area contributed by atoms with E-state index in [2.05, 4.69) is 5.32 Å². The molecule has 1 atom stereocenters. The second-order valence-electron chi connectivity index (χ2n) is 6.56. The van der Waals surface area contributed by atoms with Crippen LogP contribution in [0.3, 0.4) is 0 Å². The first kappa shape index (κ1) is 20.3. The van der Waals surface area contributed by atoms with Gasteiger partial charge >= 0.3 is 0 Å². The third-order valence-electron chi connectivity index (χ3n) is 4.67. The molecule has 2 amide bonds. The summed E-state index contributed by atoms with van der Waals surface area (Å²) in [5, 5.41) is 2.88. The number of amides is 2. The summed E-state index contributed by atoms with van der Waals surface area (Å²) in [7, 11) is 4.71. The zero-order valence-electron chi connectivity index (χ0n) is 16.7. The number of ether oxygens (including phenoxy) is 3. The summed E-state index contributed by atoms with van der Waals surface area (Å²) in [5.74, 6) is 1.60. The highest BCUT2D eigenvalue weighted by Crippen LogP contribution is 2.28. The van der Waals surface area contributed by atoms with Gasteiger partial charge in [0.05, 0.1) is 27.4 Å². The molecule has 0 aromatic heterocycles. The van der Waals surface area contributed by atoms with Crippen molar-refractivity contribution in [3.8, 4) is 17.2 Å². The Labute approximate surface area is 169 Å². The minimum Gasteiger partial charge on any atom is -0.497 e. The van der Waals surface area contributed by atoms with Gasteiger partial charge in [-0.25, -0.2) is 0 Å². The van der Waals surface area contributed by atoms with Crippen molar-refractivity contribution in [3.05, 3.63) is 54.1 Å². The molecule has 1 aliphatic heterocycles. The van der Waals surface area contributed by atoms with E-state index in [0.717, 1.165) is 11.3 Å². The quantitative estimate of drug-likeness (QED) is 0.728. The van der Waals surface area contributed by atoms with Crippen molar-refractivity contribution in [2.75, 3.05) is 32.8 Å². The molecule has 29 heavy (non-hydrogen) atoms. The van der Waals surface area contributed by atoms with Crippen LogP contribution in [0.15, 0.2) is 48.5 Å². The summed E-state index contributed by atoms with van der Waals surface area (Å²) in [4.78, 5) is 26.3. The van der Waals surface area contributed by atoms with Gasteiger partial charge in [-0.3, -0.25) is 9.59 Å². The SMILES string of the molecule is COc1cccc(N2CC(NC(=O)/C=C\c3ccc(OC)c(OC)c3)CC2=O)c1. The molecule has 7 heteroatoms. The number of anilines is 1. The van der Waals surface area contributed by atoms with Gasteiger partial charge in [-0.05, 0) is 35.9 Å². The summed E-state index contributed by atoms with van der Waals surface area (Å²) in [5.41, 5.74) is 1.56. The van der Waals surface area contributed by atoms with E-state index in [1.54, 1.807) is 50.5 Å². The minimum absolute atomic E-state index is 0.0348. The molecule has 0 radical (unpaired) electrons. The van der Waals surface area contributed by atoms with Crippen LogP contribution in [0.1, 0.15) is 12.0 Å². The number of methoxy groups -OCH3 is 3. The number of nitrogens with one attached hydrogen (secondary N) is 1. The summed E-state index contributed by atoms with van der Waals surface area (Å²) in [6.45, 7) is 0.419. The summed E-state index contributed by atoms with van der Waals surface area (Å²) in [6, 6.07) is 12.4. The maximum Gasteiger partial charge on any atom is 0.244 e. The van der Waals surface area contributed by atoms with Crippen LogP contribution < -0.4 is 24.4 Å². The van der Waals surface area contributed by atoms with Crippen molar-refractivity contribution in [3.63, 3.8) is 0 Å². The maximum atomic E-state index is 12.4. The van der Waals surface area contributed by atoms with Crippen molar-refractivity contribution < 1.29 is 23.8 Å². The third kappa shape index (κ3) is 4.87. The van der Waals surface area contributed by atoms with E-state index in [0.29, 0.717) is 23.8 Å². The molecule has 1 aliphatic rings. The number of carbonyl (C=O) groups excluding carboxylic acids is 2. The monoisotopic (exact) mass is 396 g/mol. The lowest BCUT2D eigenvalue weighted by atomic mass is 10.2. The zero-order chi connectivity index (χ0) is 20.8. The van der Waals surface area contributed by atoms with E-state index < -0.39 is 0 Å². The molecular weight excluding hydrogens is 372 g/mol. The van der Waals surface area contributed by atoms with Crippen molar-refractivity contribution in [1.82, 2.24) is 5.32 Å². The molecule has 1 unspecified atom stereocenters. The minimum atomic E-state index is -0.259. The predicted molar refractivity (Wildman–Crippen MR) is 110 cm³/mol. The lowest BCUT2D eigenvalue weighted by molar-refractivity contribution is -0.117. The Morgan fingerprint density at radius 2 is 1.86 bits per heavy atom. The zero-order valence-corrected chi connectivity index (χ0v) is 16.7. The fraction of sp³-hybridized carbons (Fsp3) is 0.273. The molecule has 1 heterocycles. The first-order chi connectivity index (χ1) is 14.0. The second-order valence-corrected chi connectivity index (χ2v) is 6.56. The normalized spacial score (nSPS) is 16.2.